The summed E-state index contributed by atoms with van der Waals surface area (Å²) in [6.45, 7) is 8.72. The molecular formula is C20H30N2O3. The molecule has 25 heavy (non-hydrogen) atoms. The lowest BCUT2D eigenvalue weighted by molar-refractivity contribution is -0.138. The maximum Gasteiger partial charge on any atom is 0.240 e. The van der Waals surface area contributed by atoms with Crippen LogP contribution in [0.4, 0.5) is 0 Å². The van der Waals surface area contributed by atoms with Gasteiger partial charge >= 0.3 is 0 Å². The number of hydrogen-bond acceptors (Lipinski definition) is 4. The molecule has 1 fully saturated rings. The lowest BCUT2D eigenvalue weighted by Crippen LogP contribution is -2.50. The van der Waals surface area contributed by atoms with Crippen molar-refractivity contribution in [3.63, 3.8) is 0 Å². The van der Waals surface area contributed by atoms with Crippen LogP contribution in [0.5, 0.6) is 11.5 Å². The van der Waals surface area contributed by atoms with E-state index in [1.54, 1.807) is 0 Å². The second-order valence-corrected chi connectivity index (χ2v) is 6.84. The molecule has 5 nitrogen and oxygen atoms in total. The zero-order valence-corrected chi connectivity index (χ0v) is 15.5. The highest BCUT2D eigenvalue weighted by Gasteiger charge is 2.31. The lowest BCUT2D eigenvalue weighted by Gasteiger charge is -2.37. The van der Waals surface area contributed by atoms with Crippen molar-refractivity contribution in [2.24, 2.45) is 0 Å². The van der Waals surface area contributed by atoms with Crippen molar-refractivity contribution in [1.82, 2.24) is 9.80 Å². The molecule has 0 radical (unpaired) electrons. The lowest BCUT2D eigenvalue weighted by atomic mass is 10.00. The van der Waals surface area contributed by atoms with Gasteiger partial charge in [0.05, 0.1) is 6.04 Å². The van der Waals surface area contributed by atoms with E-state index >= 15 is 0 Å². The number of nitrogens with zero attached hydrogens (tertiary/aromatic N) is 2. The SMILES string of the molecule is CCCN1CCCCC1C(=O)N(CC)Cc1cccc2c1OCCO2. The van der Waals surface area contributed by atoms with Crippen molar-refractivity contribution in [2.75, 3.05) is 32.8 Å². The topological polar surface area (TPSA) is 42.0 Å². The van der Waals surface area contributed by atoms with Crippen LogP contribution < -0.4 is 9.47 Å². The van der Waals surface area contributed by atoms with Crippen LogP contribution in [0, 0.1) is 0 Å². The van der Waals surface area contributed by atoms with Gasteiger partial charge in [-0.25, -0.2) is 0 Å². The van der Waals surface area contributed by atoms with E-state index in [1.165, 1.54) is 6.42 Å². The minimum Gasteiger partial charge on any atom is -0.486 e. The first-order valence-corrected chi connectivity index (χ1v) is 9.65. The molecule has 5 heteroatoms. The van der Waals surface area contributed by atoms with Crippen molar-refractivity contribution >= 4 is 5.91 Å². The van der Waals surface area contributed by atoms with Gasteiger partial charge in [-0.15, -0.1) is 0 Å². The molecule has 0 bridgehead atoms. The third-order valence-electron chi connectivity index (χ3n) is 5.11. The van der Waals surface area contributed by atoms with Gasteiger partial charge < -0.3 is 14.4 Å². The number of rotatable bonds is 6. The highest BCUT2D eigenvalue weighted by Crippen LogP contribution is 2.34. The smallest absolute Gasteiger partial charge is 0.240 e. The Morgan fingerprint density at radius 2 is 2.08 bits per heavy atom. The monoisotopic (exact) mass is 346 g/mol. The number of fused-ring (bicyclic) bond motifs is 1. The molecule has 0 aliphatic carbocycles. The number of likely N-dealkylation sites (N-methyl/N-ethyl adjacent to an activating group) is 1. The molecule has 2 aliphatic heterocycles. The predicted octanol–water partition coefficient (Wildman–Crippen LogP) is 3.07. The minimum atomic E-state index is 0.0327. The van der Waals surface area contributed by atoms with Gasteiger partial charge in [-0.3, -0.25) is 9.69 Å². The Bertz CT molecular complexity index is 588. The van der Waals surface area contributed by atoms with Crippen molar-refractivity contribution < 1.29 is 14.3 Å². The molecule has 1 saturated heterocycles. The molecule has 1 atom stereocenters. The molecular weight excluding hydrogens is 316 g/mol. The van der Waals surface area contributed by atoms with Crippen LogP contribution in [0.25, 0.3) is 0 Å². The van der Waals surface area contributed by atoms with Crippen molar-refractivity contribution in [3.05, 3.63) is 23.8 Å². The van der Waals surface area contributed by atoms with E-state index in [9.17, 15) is 4.79 Å². The fraction of sp³-hybridized carbons (Fsp3) is 0.650. The van der Waals surface area contributed by atoms with Gasteiger partial charge in [0.1, 0.15) is 13.2 Å². The second-order valence-electron chi connectivity index (χ2n) is 6.84. The molecule has 0 saturated carbocycles. The van der Waals surface area contributed by atoms with Crippen LogP contribution in [0.15, 0.2) is 18.2 Å². The van der Waals surface area contributed by atoms with Gasteiger partial charge in [0.15, 0.2) is 11.5 Å². The summed E-state index contributed by atoms with van der Waals surface area (Å²) in [6, 6.07) is 5.98. The van der Waals surface area contributed by atoms with E-state index in [-0.39, 0.29) is 11.9 Å². The second kappa shape index (κ2) is 8.56. The van der Waals surface area contributed by atoms with Gasteiger partial charge in [0.25, 0.3) is 0 Å². The van der Waals surface area contributed by atoms with Gasteiger partial charge in [-0.1, -0.05) is 25.5 Å². The van der Waals surface area contributed by atoms with E-state index in [0.29, 0.717) is 26.3 Å². The number of ether oxygens (including phenoxy) is 2. The Morgan fingerprint density at radius 3 is 2.88 bits per heavy atom. The largest absolute Gasteiger partial charge is 0.486 e. The molecule has 1 unspecified atom stereocenters. The number of carbonyl (C=O) groups is 1. The van der Waals surface area contributed by atoms with Gasteiger partial charge in [0.2, 0.25) is 5.91 Å². The van der Waals surface area contributed by atoms with E-state index in [1.807, 2.05) is 23.1 Å². The number of benzene rings is 1. The van der Waals surface area contributed by atoms with Gasteiger partial charge in [-0.2, -0.15) is 0 Å². The molecule has 0 N–H and O–H groups in total. The quantitative estimate of drug-likeness (QED) is 0.794. The molecule has 1 amide bonds. The van der Waals surface area contributed by atoms with Crippen molar-refractivity contribution in [1.29, 1.82) is 0 Å². The third kappa shape index (κ3) is 4.09. The summed E-state index contributed by atoms with van der Waals surface area (Å²) in [5.74, 6) is 1.84. The number of carbonyl (C=O) groups excluding carboxylic acids is 1. The summed E-state index contributed by atoms with van der Waals surface area (Å²) in [6.07, 6.45) is 4.41. The Kier molecular flexibility index (Phi) is 6.19. The normalized spacial score (nSPS) is 20.3. The van der Waals surface area contributed by atoms with E-state index in [4.69, 9.17) is 9.47 Å². The molecule has 3 rings (SSSR count). The summed E-state index contributed by atoms with van der Waals surface area (Å²) in [7, 11) is 0. The fourth-order valence-electron chi connectivity index (χ4n) is 3.85. The predicted molar refractivity (Wildman–Crippen MR) is 98.0 cm³/mol. The van der Waals surface area contributed by atoms with Crippen LogP contribution in [0.1, 0.15) is 45.1 Å². The molecule has 0 spiro atoms. The van der Waals surface area contributed by atoms with Gasteiger partial charge in [-0.05, 0) is 45.3 Å². The van der Waals surface area contributed by atoms with Crippen LogP contribution in [0.3, 0.4) is 0 Å². The standard InChI is InChI=1S/C20H30N2O3/c1-3-11-22-12-6-5-9-17(22)20(23)21(4-2)15-16-8-7-10-18-19(16)25-14-13-24-18/h7-8,10,17H,3-6,9,11-15H2,1-2H3. The highest BCUT2D eigenvalue weighted by molar-refractivity contribution is 5.82. The zero-order valence-electron chi connectivity index (χ0n) is 15.5. The first-order valence-electron chi connectivity index (χ1n) is 9.65. The van der Waals surface area contributed by atoms with Gasteiger partial charge in [0, 0.05) is 18.7 Å². The molecule has 1 aromatic rings. The molecule has 2 aliphatic rings. The Labute approximate surface area is 150 Å². The summed E-state index contributed by atoms with van der Waals surface area (Å²) in [5.41, 5.74) is 1.03. The summed E-state index contributed by atoms with van der Waals surface area (Å²) in [5, 5.41) is 0. The Hall–Kier alpha value is -1.75. The summed E-state index contributed by atoms with van der Waals surface area (Å²) in [4.78, 5) is 17.5. The van der Waals surface area contributed by atoms with Crippen LogP contribution in [0.2, 0.25) is 0 Å². The first-order chi connectivity index (χ1) is 12.2. The van der Waals surface area contributed by atoms with E-state index < -0.39 is 0 Å². The third-order valence-corrected chi connectivity index (χ3v) is 5.11. The average Bonchev–Trinajstić information content (AvgIpc) is 2.66. The highest BCUT2D eigenvalue weighted by atomic mass is 16.6. The van der Waals surface area contributed by atoms with Crippen LogP contribution in [-0.4, -0.2) is 54.6 Å². The average molecular weight is 346 g/mol. The van der Waals surface area contributed by atoms with E-state index in [0.717, 1.165) is 49.4 Å². The molecule has 2 heterocycles. The minimum absolute atomic E-state index is 0.0327. The molecule has 138 valence electrons. The summed E-state index contributed by atoms with van der Waals surface area (Å²) >= 11 is 0. The number of hydrogen-bond donors (Lipinski definition) is 0. The zero-order chi connectivity index (χ0) is 17.6. The maximum absolute atomic E-state index is 13.2. The van der Waals surface area contributed by atoms with E-state index in [2.05, 4.69) is 18.7 Å². The van der Waals surface area contributed by atoms with Crippen LogP contribution >= 0.6 is 0 Å². The Balaban J connectivity index is 1.75. The van der Waals surface area contributed by atoms with Crippen molar-refractivity contribution in [2.45, 2.75) is 52.1 Å². The molecule has 1 aromatic carbocycles. The molecule has 0 aromatic heterocycles. The number of likely N-dealkylation sites (tertiary alicyclic amines) is 1. The van der Waals surface area contributed by atoms with Crippen molar-refractivity contribution in [3.8, 4) is 11.5 Å². The first kappa shape index (κ1) is 18.1. The fourth-order valence-corrected chi connectivity index (χ4v) is 3.85. The number of piperidine rings is 1. The van der Waals surface area contributed by atoms with Crippen LogP contribution in [-0.2, 0) is 11.3 Å². The number of para-hydroxylation sites is 1. The number of amides is 1. The summed E-state index contributed by atoms with van der Waals surface area (Å²) < 4.78 is 11.5. The maximum atomic E-state index is 13.2. The Morgan fingerprint density at radius 1 is 1.24 bits per heavy atom.